The molecule has 14 heavy (non-hydrogen) atoms. The van der Waals surface area contributed by atoms with Crippen molar-refractivity contribution in [1.29, 1.82) is 0 Å². The van der Waals surface area contributed by atoms with E-state index in [0.717, 1.165) is 19.5 Å². The second-order valence-corrected chi connectivity index (χ2v) is 3.61. The van der Waals surface area contributed by atoms with Crippen LogP contribution in [0.25, 0.3) is 0 Å². The Bertz CT molecular complexity index is 228. The second kappa shape index (κ2) is 4.83. The maximum atomic E-state index is 11.3. The van der Waals surface area contributed by atoms with Gasteiger partial charge in [-0.1, -0.05) is 0 Å². The van der Waals surface area contributed by atoms with Gasteiger partial charge < -0.3 is 15.1 Å². The molecule has 0 radical (unpaired) electrons. The summed E-state index contributed by atoms with van der Waals surface area (Å²) in [6.07, 6.45) is 1.36. The van der Waals surface area contributed by atoms with Gasteiger partial charge in [0.1, 0.15) is 0 Å². The van der Waals surface area contributed by atoms with Gasteiger partial charge in [-0.25, -0.2) is 4.79 Å². The van der Waals surface area contributed by atoms with Gasteiger partial charge in [-0.2, -0.15) is 0 Å². The second-order valence-electron chi connectivity index (χ2n) is 3.61. The summed E-state index contributed by atoms with van der Waals surface area (Å²) >= 11 is 0. The van der Waals surface area contributed by atoms with E-state index in [4.69, 9.17) is 0 Å². The summed E-state index contributed by atoms with van der Waals surface area (Å²) in [5.41, 5.74) is 0. The molecule has 0 aliphatic carbocycles. The van der Waals surface area contributed by atoms with Crippen LogP contribution in [0.4, 0.5) is 4.79 Å². The fraction of sp³-hybridized carbons (Fsp3) is 0.778. The van der Waals surface area contributed by atoms with Crippen molar-refractivity contribution in [3.8, 4) is 0 Å². The van der Waals surface area contributed by atoms with Crippen LogP contribution in [-0.4, -0.2) is 55.5 Å². The van der Waals surface area contributed by atoms with Gasteiger partial charge >= 0.3 is 6.03 Å². The van der Waals surface area contributed by atoms with Crippen LogP contribution in [0.1, 0.15) is 12.8 Å². The molecule has 1 aliphatic heterocycles. The summed E-state index contributed by atoms with van der Waals surface area (Å²) in [5.74, 6) is 0.0587. The summed E-state index contributed by atoms with van der Waals surface area (Å²) in [7, 11) is 3.44. The van der Waals surface area contributed by atoms with Crippen molar-refractivity contribution < 1.29 is 9.59 Å². The number of nitrogens with zero attached hydrogens (tertiary/aromatic N) is 2. The molecule has 1 fully saturated rings. The number of amides is 3. The zero-order valence-electron chi connectivity index (χ0n) is 8.75. The van der Waals surface area contributed by atoms with Crippen LogP contribution in [0.3, 0.4) is 0 Å². The number of hydrogen-bond acceptors (Lipinski definition) is 2. The first-order chi connectivity index (χ1) is 6.61. The summed E-state index contributed by atoms with van der Waals surface area (Å²) < 4.78 is 0. The third-order valence-electron chi connectivity index (χ3n) is 2.26. The van der Waals surface area contributed by atoms with E-state index in [1.807, 2.05) is 0 Å². The van der Waals surface area contributed by atoms with Gasteiger partial charge in [0.25, 0.3) is 0 Å². The van der Waals surface area contributed by atoms with Crippen LogP contribution in [0.5, 0.6) is 0 Å². The highest BCUT2D eigenvalue weighted by molar-refractivity contribution is 5.78. The summed E-state index contributed by atoms with van der Waals surface area (Å²) in [5, 5.41) is 2.75. The van der Waals surface area contributed by atoms with E-state index in [1.54, 1.807) is 23.9 Å². The first kappa shape index (κ1) is 10.8. The fourth-order valence-electron chi connectivity index (χ4n) is 1.35. The molecule has 0 aromatic rings. The quantitative estimate of drug-likeness (QED) is 0.689. The molecule has 3 amide bonds. The Kier molecular flexibility index (Phi) is 3.73. The normalized spacial score (nSPS) is 16.4. The number of nitrogens with one attached hydrogen (secondary N) is 1. The number of carbonyl (C=O) groups excluding carboxylic acids is 2. The molecule has 0 atom stereocenters. The highest BCUT2D eigenvalue weighted by Gasteiger charge is 2.18. The predicted molar refractivity (Wildman–Crippen MR) is 52.9 cm³/mol. The maximum Gasteiger partial charge on any atom is 0.317 e. The van der Waals surface area contributed by atoms with Crippen molar-refractivity contribution >= 4 is 11.9 Å². The van der Waals surface area contributed by atoms with Crippen molar-refractivity contribution in [3.63, 3.8) is 0 Å². The Morgan fingerprint density at radius 2 is 2.29 bits per heavy atom. The van der Waals surface area contributed by atoms with Crippen LogP contribution < -0.4 is 5.32 Å². The van der Waals surface area contributed by atoms with Gasteiger partial charge in [0.2, 0.25) is 5.91 Å². The Labute approximate surface area is 84.0 Å². The van der Waals surface area contributed by atoms with Gasteiger partial charge in [0.05, 0.1) is 0 Å². The van der Waals surface area contributed by atoms with Crippen molar-refractivity contribution in [2.45, 2.75) is 12.8 Å². The molecule has 0 aromatic heterocycles. The lowest BCUT2D eigenvalue weighted by Crippen LogP contribution is -2.47. The Balaban J connectivity index is 2.29. The molecule has 0 aromatic carbocycles. The van der Waals surface area contributed by atoms with Crippen LogP contribution in [0.15, 0.2) is 0 Å². The molecule has 5 heteroatoms. The fourth-order valence-corrected chi connectivity index (χ4v) is 1.35. The van der Waals surface area contributed by atoms with Crippen molar-refractivity contribution in [2.75, 3.05) is 33.7 Å². The molecule has 0 unspecified atom stereocenters. The topological polar surface area (TPSA) is 52.7 Å². The number of carbonyl (C=O) groups is 2. The molecular formula is C9H17N3O2. The van der Waals surface area contributed by atoms with Crippen molar-refractivity contribution in [3.05, 3.63) is 0 Å². The molecule has 80 valence electrons. The Hall–Kier alpha value is -1.26. The van der Waals surface area contributed by atoms with Gasteiger partial charge in [-0.05, 0) is 6.42 Å². The van der Waals surface area contributed by atoms with Gasteiger partial charge in [0.15, 0.2) is 0 Å². The van der Waals surface area contributed by atoms with Crippen LogP contribution in [-0.2, 0) is 4.79 Å². The SMILES string of the molecule is CN(C)C(=O)CCN1CCCNC1=O. The van der Waals surface area contributed by atoms with Crippen LogP contribution >= 0.6 is 0 Å². The van der Waals surface area contributed by atoms with E-state index in [9.17, 15) is 9.59 Å². The average Bonchev–Trinajstić information content (AvgIpc) is 2.16. The van der Waals surface area contributed by atoms with Crippen LogP contribution in [0.2, 0.25) is 0 Å². The lowest BCUT2D eigenvalue weighted by molar-refractivity contribution is -0.128. The Morgan fingerprint density at radius 3 is 2.86 bits per heavy atom. The third kappa shape index (κ3) is 2.90. The standard InChI is InChI=1S/C9H17N3O2/c1-11(2)8(13)4-7-12-6-3-5-10-9(12)14/h3-7H2,1-2H3,(H,10,14). The summed E-state index contributed by atoms with van der Waals surface area (Å²) in [4.78, 5) is 25.8. The molecule has 1 rings (SSSR count). The predicted octanol–water partition coefficient (Wildman–Crippen LogP) is -0.120. The molecule has 1 aliphatic rings. The minimum Gasteiger partial charge on any atom is -0.349 e. The van der Waals surface area contributed by atoms with E-state index in [1.165, 1.54) is 0 Å². The highest BCUT2D eigenvalue weighted by Crippen LogP contribution is 2.00. The molecule has 5 nitrogen and oxygen atoms in total. The van der Waals surface area contributed by atoms with Crippen molar-refractivity contribution in [1.82, 2.24) is 15.1 Å². The smallest absolute Gasteiger partial charge is 0.317 e. The average molecular weight is 199 g/mol. The third-order valence-corrected chi connectivity index (χ3v) is 2.26. The summed E-state index contributed by atoms with van der Waals surface area (Å²) in [6.45, 7) is 2.02. The molecule has 0 bridgehead atoms. The highest BCUT2D eigenvalue weighted by atomic mass is 16.2. The van der Waals surface area contributed by atoms with E-state index in [0.29, 0.717) is 13.0 Å². The molecule has 0 spiro atoms. The largest absolute Gasteiger partial charge is 0.349 e. The van der Waals surface area contributed by atoms with Crippen LogP contribution in [0, 0.1) is 0 Å². The monoisotopic (exact) mass is 199 g/mol. The molecule has 1 saturated heterocycles. The van der Waals surface area contributed by atoms with E-state index >= 15 is 0 Å². The minimum absolute atomic E-state index is 0.0530. The Morgan fingerprint density at radius 1 is 1.57 bits per heavy atom. The first-order valence-corrected chi connectivity index (χ1v) is 4.84. The molecule has 1 heterocycles. The molecular weight excluding hydrogens is 182 g/mol. The number of urea groups is 1. The first-order valence-electron chi connectivity index (χ1n) is 4.84. The zero-order valence-corrected chi connectivity index (χ0v) is 8.75. The number of rotatable bonds is 3. The lowest BCUT2D eigenvalue weighted by atomic mass is 10.3. The maximum absolute atomic E-state index is 11.3. The zero-order chi connectivity index (χ0) is 10.6. The lowest BCUT2D eigenvalue weighted by Gasteiger charge is -2.27. The minimum atomic E-state index is -0.0530. The molecule has 0 saturated carbocycles. The molecule has 1 N–H and O–H groups in total. The number of hydrogen-bond donors (Lipinski definition) is 1. The van der Waals surface area contributed by atoms with Gasteiger partial charge in [-0.3, -0.25) is 4.79 Å². The van der Waals surface area contributed by atoms with Gasteiger partial charge in [0, 0.05) is 40.2 Å². The van der Waals surface area contributed by atoms with Crippen molar-refractivity contribution in [2.24, 2.45) is 0 Å². The summed E-state index contributed by atoms with van der Waals surface area (Å²) in [6, 6.07) is -0.0530. The van der Waals surface area contributed by atoms with E-state index in [2.05, 4.69) is 5.32 Å². The van der Waals surface area contributed by atoms with E-state index in [-0.39, 0.29) is 11.9 Å². The van der Waals surface area contributed by atoms with E-state index < -0.39 is 0 Å². The van der Waals surface area contributed by atoms with Gasteiger partial charge in [-0.15, -0.1) is 0 Å².